The van der Waals surface area contributed by atoms with E-state index in [1.165, 1.54) is 0 Å². The van der Waals surface area contributed by atoms with Gasteiger partial charge in [-0.2, -0.15) is 0 Å². The van der Waals surface area contributed by atoms with Crippen molar-refractivity contribution < 1.29 is 4.42 Å². The monoisotopic (exact) mass is 248 g/mol. The van der Waals surface area contributed by atoms with Crippen molar-refractivity contribution >= 4 is 22.0 Å². The molecule has 4 aromatic rings. The fraction of sp³-hybridized carbons (Fsp3) is 0.0625. The van der Waals surface area contributed by atoms with Crippen LogP contribution >= 0.6 is 0 Å². The molecule has 4 rings (SSSR count). The number of hydrogen-bond donors (Lipinski definition) is 1. The van der Waals surface area contributed by atoms with Gasteiger partial charge in [0.2, 0.25) is 5.89 Å². The Morgan fingerprint density at radius 1 is 1.00 bits per heavy atom. The molecular formula is C16H12N2O. The predicted molar refractivity (Wildman–Crippen MR) is 76.0 cm³/mol. The second-order valence-electron chi connectivity index (χ2n) is 4.66. The molecule has 2 aromatic heterocycles. The van der Waals surface area contributed by atoms with Crippen LogP contribution in [0.5, 0.6) is 0 Å². The van der Waals surface area contributed by atoms with E-state index >= 15 is 0 Å². The quantitative estimate of drug-likeness (QED) is 0.546. The van der Waals surface area contributed by atoms with Crippen LogP contribution in [0.2, 0.25) is 0 Å². The average Bonchev–Trinajstić information content (AvgIpc) is 2.97. The first kappa shape index (κ1) is 10.4. The van der Waals surface area contributed by atoms with Crippen molar-refractivity contribution in [1.29, 1.82) is 0 Å². The summed E-state index contributed by atoms with van der Waals surface area (Å²) in [5.41, 5.74) is 4.95. The van der Waals surface area contributed by atoms with Gasteiger partial charge in [0.05, 0.1) is 5.56 Å². The lowest BCUT2D eigenvalue weighted by molar-refractivity contribution is 0.620. The van der Waals surface area contributed by atoms with E-state index in [0.717, 1.165) is 33.3 Å². The number of oxazole rings is 1. The lowest BCUT2D eigenvalue weighted by atomic mass is 10.1. The molecule has 2 aromatic carbocycles. The Morgan fingerprint density at radius 3 is 2.68 bits per heavy atom. The highest BCUT2D eigenvalue weighted by Gasteiger charge is 2.15. The van der Waals surface area contributed by atoms with E-state index in [1.807, 2.05) is 43.3 Å². The summed E-state index contributed by atoms with van der Waals surface area (Å²) in [5, 5.41) is 1.14. The van der Waals surface area contributed by atoms with Crippen LogP contribution in [0.25, 0.3) is 33.5 Å². The fourth-order valence-corrected chi connectivity index (χ4v) is 2.53. The van der Waals surface area contributed by atoms with Gasteiger partial charge in [-0.15, -0.1) is 0 Å². The van der Waals surface area contributed by atoms with E-state index in [1.54, 1.807) is 0 Å². The van der Waals surface area contributed by atoms with Gasteiger partial charge in [-0.25, -0.2) is 4.98 Å². The number of benzene rings is 2. The summed E-state index contributed by atoms with van der Waals surface area (Å²) >= 11 is 0. The van der Waals surface area contributed by atoms with Crippen molar-refractivity contribution in [2.24, 2.45) is 0 Å². The summed E-state index contributed by atoms with van der Waals surface area (Å²) < 4.78 is 5.87. The molecule has 0 saturated heterocycles. The van der Waals surface area contributed by atoms with Crippen LogP contribution in [0.1, 0.15) is 5.69 Å². The second-order valence-corrected chi connectivity index (χ2v) is 4.66. The summed E-state index contributed by atoms with van der Waals surface area (Å²) in [5.74, 6) is 0.677. The Labute approximate surface area is 109 Å². The third kappa shape index (κ3) is 1.48. The first-order valence-corrected chi connectivity index (χ1v) is 6.26. The van der Waals surface area contributed by atoms with E-state index in [0.29, 0.717) is 5.89 Å². The van der Waals surface area contributed by atoms with E-state index in [2.05, 4.69) is 22.1 Å². The van der Waals surface area contributed by atoms with E-state index in [-0.39, 0.29) is 0 Å². The number of H-pyrrole nitrogens is 1. The molecule has 2 heterocycles. The van der Waals surface area contributed by atoms with Gasteiger partial charge in [0.25, 0.3) is 0 Å². The number of aryl methyl sites for hydroxylation is 1. The number of fused-ring (bicyclic) bond motifs is 2. The first-order valence-electron chi connectivity index (χ1n) is 6.26. The van der Waals surface area contributed by atoms with E-state index < -0.39 is 0 Å². The molecule has 0 fully saturated rings. The summed E-state index contributed by atoms with van der Waals surface area (Å²) in [4.78, 5) is 7.95. The number of hydrogen-bond acceptors (Lipinski definition) is 2. The number of nitrogens with one attached hydrogen (secondary N) is 1. The number of aromatic amines is 1. The van der Waals surface area contributed by atoms with E-state index in [9.17, 15) is 0 Å². The lowest BCUT2D eigenvalue weighted by Gasteiger charge is -1.94. The third-order valence-corrected chi connectivity index (χ3v) is 3.40. The number of para-hydroxylation sites is 3. The molecule has 0 aliphatic heterocycles. The zero-order valence-electron chi connectivity index (χ0n) is 10.5. The van der Waals surface area contributed by atoms with Gasteiger partial charge in [0, 0.05) is 16.6 Å². The summed E-state index contributed by atoms with van der Waals surface area (Å²) in [7, 11) is 0. The molecule has 0 amide bonds. The molecule has 3 heteroatoms. The Bertz CT molecular complexity index is 853. The molecule has 3 nitrogen and oxygen atoms in total. The maximum atomic E-state index is 5.87. The van der Waals surface area contributed by atoms with Crippen molar-refractivity contribution in [2.75, 3.05) is 0 Å². The minimum absolute atomic E-state index is 0.677. The molecule has 1 N–H and O–H groups in total. The molecule has 0 aliphatic rings. The van der Waals surface area contributed by atoms with Crippen LogP contribution < -0.4 is 0 Å². The van der Waals surface area contributed by atoms with Gasteiger partial charge >= 0.3 is 0 Å². The third-order valence-electron chi connectivity index (χ3n) is 3.40. The van der Waals surface area contributed by atoms with Gasteiger partial charge in [0.15, 0.2) is 5.58 Å². The highest BCUT2D eigenvalue weighted by molar-refractivity contribution is 5.96. The average molecular weight is 248 g/mol. The second kappa shape index (κ2) is 3.72. The van der Waals surface area contributed by atoms with Crippen LogP contribution in [0, 0.1) is 6.92 Å². The van der Waals surface area contributed by atoms with Crippen molar-refractivity contribution in [3.63, 3.8) is 0 Å². The van der Waals surface area contributed by atoms with Gasteiger partial charge in [0.1, 0.15) is 5.52 Å². The molecule has 92 valence electrons. The normalized spacial score (nSPS) is 11.4. The van der Waals surface area contributed by atoms with Crippen molar-refractivity contribution in [2.45, 2.75) is 6.92 Å². The van der Waals surface area contributed by atoms with Crippen molar-refractivity contribution in [3.8, 4) is 11.5 Å². The molecule has 0 atom stereocenters. The van der Waals surface area contributed by atoms with Crippen molar-refractivity contribution in [3.05, 3.63) is 54.2 Å². The SMILES string of the molecule is Cc1[nH]c2ccccc2c1-c1nc2ccccc2o1. The molecule has 19 heavy (non-hydrogen) atoms. The lowest BCUT2D eigenvalue weighted by Crippen LogP contribution is -1.78. The number of aromatic nitrogens is 2. The Morgan fingerprint density at radius 2 is 1.79 bits per heavy atom. The highest BCUT2D eigenvalue weighted by Crippen LogP contribution is 2.33. The minimum Gasteiger partial charge on any atom is -0.436 e. The molecule has 0 spiro atoms. The Hall–Kier alpha value is -2.55. The number of nitrogens with zero attached hydrogens (tertiary/aromatic N) is 1. The molecular weight excluding hydrogens is 236 g/mol. The van der Waals surface area contributed by atoms with Crippen molar-refractivity contribution in [1.82, 2.24) is 9.97 Å². The molecule has 0 saturated carbocycles. The predicted octanol–water partition coefficient (Wildman–Crippen LogP) is 4.28. The van der Waals surface area contributed by atoms with Crippen LogP contribution in [-0.4, -0.2) is 9.97 Å². The summed E-state index contributed by atoms with van der Waals surface area (Å²) in [6.07, 6.45) is 0. The maximum absolute atomic E-state index is 5.87. The molecule has 0 unspecified atom stereocenters. The van der Waals surface area contributed by atoms with Gasteiger partial charge < -0.3 is 9.40 Å². The van der Waals surface area contributed by atoms with Crippen LogP contribution in [0.15, 0.2) is 52.9 Å². The van der Waals surface area contributed by atoms with E-state index in [4.69, 9.17) is 4.42 Å². The Kier molecular flexibility index (Phi) is 2.03. The molecule has 0 bridgehead atoms. The molecule has 0 radical (unpaired) electrons. The topological polar surface area (TPSA) is 41.8 Å². The summed E-state index contributed by atoms with van der Waals surface area (Å²) in [6, 6.07) is 16.0. The largest absolute Gasteiger partial charge is 0.436 e. The first-order chi connectivity index (χ1) is 9.33. The minimum atomic E-state index is 0.677. The Balaban J connectivity index is 2.06. The smallest absolute Gasteiger partial charge is 0.229 e. The molecule has 0 aliphatic carbocycles. The maximum Gasteiger partial charge on any atom is 0.229 e. The highest BCUT2D eigenvalue weighted by atomic mass is 16.3. The van der Waals surface area contributed by atoms with Crippen LogP contribution in [0.4, 0.5) is 0 Å². The van der Waals surface area contributed by atoms with Crippen LogP contribution in [0.3, 0.4) is 0 Å². The van der Waals surface area contributed by atoms with Crippen LogP contribution in [-0.2, 0) is 0 Å². The van der Waals surface area contributed by atoms with Gasteiger partial charge in [-0.3, -0.25) is 0 Å². The fourth-order valence-electron chi connectivity index (χ4n) is 2.53. The zero-order chi connectivity index (χ0) is 12.8. The van der Waals surface area contributed by atoms with Gasteiger partial charge in [-0.05, 0) is 25.1 Å². The summed E-state index contributed by atoms with van der Waals surface area (Å²) in [6.45, 7) is 2.05. The zero-order valence-corrected chi connectivity index (χ0v) is 10.5. The van der Waals surface area contributed by atoms with Gasteiger partial charge in [-0.1, -0.05) is 30.3 Å². The number of rotatable bonds is 1. The standard InChI is InChI=1S/C16H12N2O/c1-10-15(11-6-2-3-7-12(11)17-10)16-18-13-8-4-5-9-14(13)19-16/h2-9,17H,1H3.